The van der Waals surface area contributed by atoms with Gasteiger partial charge in [-0.1, -0.05) is 49.4 Å². The zero-order valence-electron chi connectivity index (χ0n) is 19.6. The third kappa shape index (κ3) is 8.89. The van der Waals surface area contributed by atoms with E-state index < -0.39 is 19.0 Å². The van der Waals surface area contributed by atoms with Crippen molar-refractivity contribution in [3.05, 3.63) is 65.7 Å². The second-order valence-corrected chi connectivity index (χ2v) is 8.21. The first-order valence-electron chi connectivity index (χ1n) is 11.4. The van der Waals surface area contributed by atoms with E-state index in [1.165, 1.54) is 0 Å². The maximum atomic E-state index is 12.3. The smallest absolute Gasteiger partial charge is 0.475 e. The third-order valence-electron chi connectivity index (χ3n) is 5.40. The number of hydrogen-bond donors (Lipinski definition) is 4. The van der Waals surface area contributed by atoms with Gasteiger partial charge in [0.2, 0.25) is 11.8 Å². The van der Waals surface area contributed by atoms with Crippen LogP contribution in [0.3, 0.4) is 0 Å². The highest BCUT2D eigenvalue weighted by Gasteiger charge is 2.26. The van der Waals surface area contributed by atoms with Crippen molar-refractivity contribution in [1.29, 1.82) is 5.26 Å². The van der Waals surface area contributed by atoms with Crippen LogP contribution in [0.4, 0.5) is 0 Å². The minimum atomic E-state index is -1.68. The number of nitriles is 1. The molecule has 0 heterocycles. The molecule has 0 saturated heterocycles. The van der Waals surface area contributed by atoms with Crippen LogP contribution < -0.4 is 15.4 Å². The molecule has 0 saturated carbocycles. The van der Waals surface area contributed by atoms with Gasteiger partial charge in [-0.3, -0.25) is 9.59 Å². The lowest BCUT2D eigenvalue weighted by molar-refractivity contribution is -0.124. The van der Waals surface area contributed by atoms with Gasteiger partial charge < -0.3 is 25.4 Å². The highest BCUT2D eigenvalue weighted by atomic mass is 16.5. The highest BCUT2D eigenvalue weighted by Crippen LogP contribution is 2.21. The summed E-state index contributed by atoms with van der Waals surface area (Å²) >= 11 is 0. The Morgan fingerprint density at radius 1 is 1.09 bits per heavy atom. The third-order valence-corrected chi connectivity index (χ3v) is 5.40. The lowest BCUT2D eigenvalue weighted by Gasteiger charge is -2.18. The Morgan fingerprint density at radius 2 is 1.79 bits per heavy atom. The minimum Gasteiger partial charge on any atom is -0.493 e. The van der Waals surface area contributed by atoms with Crippen LogP contribution in [0, 0.1) is 23.2 Å². The number of hydrogen-bond acceptors (Lipinski definition) is 6. The summed E-state index contributed by atoms with van der Waals surface area (Å²) in [5.41, 5.74) is 1.80. The molecule has 0 radical (unpaired) electrons. The molecule has 0 fully saturated rings. The predicted molar refractivity (Wildman–Crippen MR) is 129 cm³/mol. The molecule has 0 aromatic heterocycles. The predicted octanol–water partition coefficient (Wildman–Crippen LogP) is 1.65. The lowest BCUT2D eigenvalue weighted by atomic mass is 9.76. The molecule has 34 heavy (non-hydrogen) atoms. The number of rotatable bonds is 13. The van der Waals surface area contributed by atoms with Crippen molar-refractivity contribution in [1.82, 2.24) is 10.6 Å². The number of carbonyl (C=O) groups is 2. The number of amides is 2. The van der Waals surface area contributed by atoms with E-state index >= 15 is 0 Å². The van der Waals surface area contributed by atoms with E-state index in [9.17, 15) is 24.9 Å². The molecule has 0 aliphatic heterocycles. The number of nitrogens with one attached hydrogen (secondary N) is 2. The first-order valence-corrected chi connectivity index (χ1v) is 11.4. The SMILES string of the molecule is CCNC(=O)C(C#N)[C@H](C)Cc1cccc(OCCC(=O)N[C@@H](Cc2ccccc2)B(O)O)c1. The topological polar surface area (TPSA) is 132 Å². The van der Waals surface area contributed by atoms with Crippen LogP contribution in [-0.2, 0) is 22.4 Å². The molecule has 1 unspecified atom stereocenters. The Bertz CT molecular complexity index is 965. The van der Waals surface area contributed by atoms with Gasteiger partial charge in [0.15, 0.2) is 0 Å². The Labute approximate surface area is 201 Å². The van der Waals surface area contributed by atoms with Gasteiger partial charge in [0.25, 0.3) is 0 Å². The van der Waals surface area contributed by atoms with Crippen molar-refractivity contribution in [2.24, 2.45) is 11.8 Å². The van der Waals surface area contributed by atoms with Crippen molar-refractivity contribution < 1.29 is 24.4 Å². The summed E-state index contributed by atoms with van der Waals surface area (Å²) in [6, 6.07) is 18.7. The Balaban J connectivity index is 1.85. The van der Waals surface area contributed by atoms with Crippen LogP contribution in [0.15, 0.2) is 54.6 Å². The maximum Gasteiger partial charge on any atom is 0.475 e. The summed E-state index contributed by atoms with van der Waals surface area (Å²) in [5.74, 6) is -1.78. The average Bonchev–Trinajstić information content (AvgIpc) is 2.80. The van der Waals surface area contributed by atoms with Crippen molar-refractivity contribution in [2.45, 2.75) is 39.1 Å². The normalized spacial score (nSPS) is 13.1. The van der Waals surface area contributed by atoms with Crippen molar-refractivity contribution in [3.8, 4) is 11.8 Å². The fourth-order valence-corrected chi connectivity index (χ4v) is 3.62. The quantitative estimate of drug-likeness (QED) is 0.333. The molecule has 2 amide bonds. The number of carbonyl (C=O) groups excluding carboxylic acids is 2. The van der Waals surface area contributed by atoms with E-state index in [0.29, 0.717) is 25.1 Å². The zero-order valence-corrected chi connectivity index (χ0v) is 19.6. The minimum absolute atomic E-state index is 0.0480. The number of nitrogens with zero attached hydrogens (tertiary/aromatic N) is 1. The molecule has 2 rings (SSSR count). The van der Waals surface area contributed by atoms with Gasteiger partial charge in [-0.15, -0.1) is 0 Å². The van der Waals surface area contributed by atoms with E-state index in [0.717, 1.165) is 11.1 Å². The Hall–Kier alpha value is -3.35. The fourth-order valence-electron chi connectivity index (χ4n) is 3.62. The molecule has 2 aromatic carbocycles. The zero-order chi connectivity index (χ0) is 24.9. The van der Waals surface area contributed by atoms with Gasteiger partial charge in [-0.25, -0.2) is 0 Å². The Morgan fingerprint density at radius 3 is 2.44 bits per heavy atom. The molecule has 0 aliphatic carbocycles. The second-order valence-electron chi connectivity index (χ2n) is 8.21. The van der Waals surface area contributed by atoms with Crippen LogP contribution in [0.5, 0.6) is 5.75 Å². The molecule has 0 bridgehead atoms. The van der Waals surface area contributed by atoms with Gasteiger partial charge in [0, 0.05) is 6.54 Å². The van der Waals surface area contributed by atoms with E-state index in [2.05, 4.69) is 16.7 Å². The summed E-state index contributed by atoms with van der Waals surface area (Å²) in [6.45, 7) is 4.27. The van der Waals surface area contributed by atoms with E-state index in [-0.39, 0.29) is 30.8 Å². The number of benzene rings is 2. The van der Waals surface area contributed by atoms with Gasteiger partial charge in [0.05, 0.1) is 25.0 Å². The average molecular weight is 465 g/mol. The molecule has 9 heteroatoms. The molecule has 4 N–H and O–H groups in total. The first-order chi connectivity index (χ1) is 16.3. The van der Waals surface area contributed by atoms with Crippen LogP contribution >= 0.6 is 0 Å². The van der Waals surface area contributed by atoms with Crippen LogP contribution in [0.25, 0.3) is 0 Å². The maximum absolute atomic E-state index is 12.3. The van der Waals surface area contributed by atoms with Crippen LogP contribution in [0.1, 0.15) is 31.4 Å². The standard InChI is InChI=1S/C25H32BN3O5/c1-3-28-25(31)22(17-27)18(2)14-20-10-7-11-21(15-20)34-13-12-24(30)29-23(26(32)33)16-19-8-5-4-6-9-19/h4-11,15,18,22-23,32-33H,3,12-14,16H2,1-2H3,(H,28,31)(H,29,30)/t18-,22?,23+/m1/s1. The summed E-state index contributed by atoms with van der Waals surface area (Å²) in [4.78, 5) is 24.4. The molecular formula is C25H32BN3O5. The molecular weight excluding hydrogens is 433 g/mol. The molecule has 0 aliphatic rings. The molecule has 2 aromatic rings. The van der Waals surface area contributed by atoms with Crippen LogP contribution in [0.2, 0.25) is 0 Å². The summed E-state index contributed by atoms with van der Waals surface area (Å²) in [5, 5.41) is 33.9. The molecule has 180 valence electrons. The van der Waals surface area contributed by atoms with Gasteiger partial charge in [0.1, 0.15) is 11.7 Å². The van der Waals surface area contributed by atoms with Crippen LogP contribution in [-0.4, -0.2) is 48.1 Å². The summed E-state index contributed by atoms with van der Waals surface area (Å²) in [7, 11) is -1.68. The van der Waals surface area contributed by atoms with Crippen molar-refractivity contribution in [3.63, 3.8) is 0 Å². The van der Waals surface area contributed by atoms with E-state index in [4.69, 9.17) is 4.74 Å². The molecule has 0 spiro atoms. The lowest BCUT2D eigenvalue weighted by Crippen LogP contribution is -2.48. The summed E-state index contributed by atoms with van der Waals surface area (Å²) < 4.78 is 5.70. The summed E-state index contributed by atoms with van der Waals surface area (Å²) in [6.07, 6.45) is 0.875. The largest absolute Gasteiger partial charge is 0.493 e. The highest BCUT2D eigenvalue weighted by molar-refractivity contribution is 6.43. The monoisotopic (exact) mass is 465 g/mol. The van der Waals surface area contributed by atoms with Crippen molar-refractivity contribution in [2.75, 3.05) is 13.2 Å². The van der Waals surface area contributed by atoms with Crippen molar-refractivity contribution >= 4 is 18.9 Å². The fraction of sp³-hybridized carbons (Fsp3) is 0.400. The van der Waals surface area contributed by atoms with Gasteiger partial charge in [-0.2, -0.15) is 5.26 Å². The van der Waals surface area contributed by atoms with E-state index in [1.54, 1.807) is 6.07 Å². The van der Waals surface area contributed by atoms with Gasteiger partial charge in [-0.05, 0) is 48.9 Å². The second kappa shape index (κ2) is 14.0. The Kier molecular flexibility index (Phi) is 11.1. The molecule has 3 atom stereocenters. The number of ether oxygens (including phenoxy) is 1. The van der Waals surface area contributed by atoms with Gasteiger partial charge >= 0.3 is 7.12 Å². The first kappa shape index (κ1) is 26.9. The molecule has 8 nitrogen and oxygen atoms in total. The van der Waals surface area contributed by atoms with E-state index in [1.807, 2.05) is 62.4 Å².